The van der Waals surface area contributed by atoms with Crippen LogP contribution in [-0.4, -0.2) is 16.6 Å². The molecule has 5 heteroatoms. The van der Waals surface area contributed by atoms with Crippen molar-refractivity contribution in [2.75, 3.05) is 11.9 Å². The van der Waals surface area contributed by atoms with E-state index in [4.69, 9.17) is 11.6 Å². The lowest BCUT2D eigenvalue weighted by Crippen LogP contribution is -2.30. The molecule has 0 saturated heterocycles. The van der Waals surface area contributed by atoms with Gasteiger partial charge in [0.2, 0.25) is 0 Å². The van der Waals surface area contributed by atoms with E-state index in [0.717, 1.165) is 22.2 Å². The maximum Gasteiger partial charge on any atom is 0.105 e. The average molecular weight is 319 g/mol. The number of thiophene rings is 1. The van der Waals surface area contributed by atoms with Crippen LogP contribution in [0.5, 0.6) is 0 Å². The summed E-state index contributed by atoms with van der Waals surface area (Å²) in [5.41, 5.74) is 1.78. The van der Waals surface area contributed by atoms with Crippen molar-refractivity contribution in [3.63, 3.8) is 0 Å². The minimum atomic E-state index is -0.915. The van der Waals surface area contributed by atoms with Crippen LogP contribution in [-0.2, 0) is 5.60 Å². The molecule has 0 radical (unpaired) electrons. The molecule has 3 nitrogen and oxygen atoms in total. The minimum absolute atomic E-state index is 0.422. The van der Waals surface area contributed by atoms with Crippen LogP contribution >= 0.6 is 22.9 Å². The highest BCUT2D eigenvalue weighted by Gasteiger charge is 2.23. The zero-order chi connectivity index (χ0) is 14.9. The van der Waals surface area contributed by atoms with Gasteiger partial charge in [-0.15, -0.1) is 0 Å². The first-order valence-electron chi connectivity index (χ1n) is 6.59. The quantitative estimate of drug-likeness (QED) is 0.755. The summed E-state index contributed by atoms with van der Waals surface area (Å²) in [5, 5.41) is 19.5. The van der Waals surface area contributed by atoms with Gasteiger partial charge in [0.25, 0.3) is 0 Å². The van der Waals surface area contributed by atoms with Crippen LogP contribution in [0.25, 0.3) is 10.9 Å². The van der Waals surface area contributed by atoms with Gasteiger partial charge in [0.05, 0.1) is 5.52 Å². The monoisotopic (exact) mass is 318 g/mol. The number of fused-ring (bicyclic) bond motifs is 1. The number of nitrogens with one attached hydrogen (secondary N) is 1. The van der Waals surface area contributed by atoms with Gasteiger partial charge in [-0.3, -0.25) is 4.98 Å². The largest absolute Gasteiger partial charge is 0.384 e. The first kappa shape index (κ1) is 14.3. The van der Waals surface area contributed by atoms with Crippen LogP contribution < -0.4 is 5.32 Å². The highest BCUT2D eigenvalue weighted by molar-refractivity contribution is 7.08. The van der Waals surface area contributed by atoms with Crippen molar-refractivity contribution in [3.8, 4) is 0 Å². The predicted molar refractivity (Wildman–Crippen MR) is 89.1 cm³/mol. The molecule has 3 aromatic rings. The maximum atomic E-state index is 10.6. The zero-order valence-electron chi connectivity index (χ0n) is 11.5. The Labute approximate surface area is 132 Å². The van der Waals surface area contributed by atoms with Crippen molar-refractivity contribution in [1.29, 1.82) is 0 Å². The summed E-state index contributed by atoms with van der Waals surface area (Å²) in [4.78, 5) is 4.31. The van der Waals surface area contributed by atoms with Crippen LogP contribution in [0.4, 0.5) is 5.69 Å². The van der Waals surface area contributed by atoms with Gasteiger partial charge in [-0.05, 0) is 53.6 Å². The molecule has 2 aromatic heterocycles. The van der Waals surface area contributed by atoms with Gasteiger partial charge in [-0.2, -0.15) is 11.3 Å². The molecule has 2 heterocycles. The fourth-order valence-electron chi connectivity index (χ4n) is 2.22. The Hall–Kier alpha value is -1.62. The highest BCUT2D eigenvalue weighted by atomic mass is 35.5. The molecule has 2 N–H and O–H groups in total. The Bertz CT molecular complexity index is 756. The summed E-state index contributed by atoms with van der Waals surface area (Å²) in [5.74, 6) is 0. The van der Waals surface area contributed by atoms with Crippen LogP contribution in [0.2, 0.25) is 5.02 Å². The Morgan fingerprint density at radius 3 is 2.95 bits per heavy atom. The smallest absolute Gasteiger partial charge is 0.105 e. The fourth-order valence-corrected chi connectivity index (χ4v) is 3.16. The van der Waals surface area contributed by atoms with E-state index in [2.05, 4.69) is 10.3 Å². The van der Waals surface area contributed by atoms with E-state index in [1.807, 2.05) is 48.0 Å². The SMILES string of the molecule is CC(O)(CNc1ccnc2cc(Cl)ccc12)c1ccsc1. The van der Waals surface area contributed by atoms with E-state index in [0.29, 0.717) is 11.6 Å². The number of benzene rings is 1. The third-order valence-electron chi connectivity index (χ3n) is 3.47. The predicted octanol–water partition coefficient (Wildman–Crippen LogP) is 4.27. The van der Waals surface area contributed by atoms with Gasteiger partial charge >= 0.3 is 0 Å². The molecule has 0 bridgehead atoms. The first-order chi connectivity index (χ1) is 10.1. The van der Waals surface area contributed by atoms with Crippen LogP contribution in [0.15, 0.2) is 47.3 Å². The number of anilines is 1. The number of aromatic nitrogens is 1. The van der Waals surface area contributed by atoms with E-state index >= 15 is 0 Å². The molecule has 0 spiro atoms. The number of pyridine rings is 1. The molecule has 0 aliphatic heterocycles. The molecule has 0 saturated carbocycles. The number of hydrogen-bond acceptors (Lipinski definition) is 4. The third-order valence-corrected chi connectivity index (χ3v) is 4.39. The molecule has 108 valence electrons. The molecule has 1 atom stereocenters. The van der Waals surface area contributed by atoms with Gasteiger partial charge in [-0.25, -0.2) is 0 Å². The summed E-state index contributed by atoms with van der Waals surface area (Å²) in [6, 6.07) is 9.45. The molecule has 3 rings (SSSR count). The topological polar surface area (TPSA) is 45.1 Å². The van der Waals surface area contributed by atoms with Gasteiger partial charge in [0.15, 0.2) is 0 Å². The lowest BCUT2D eigenvalue weighted by Gasteiger charge is -2.24. The maximum absolute atomic E-state index is 10.6. The average Bonchev–Trinajstić information content (AvgIpc) is 2.99. The molecule has 0 aliphatic carbocycles. The molecule has 0 aliphatic rings. The Balaban J connectivity index is 1.86. The van der Waals surface area contributed by atoms with E-state index in [1.54, 1.807) is 17.5 Å². The Kier molecular flexibility index (Phi) is 3.85. The van der Waals surface area contributed by atoms with Crippen molar-refractivity contribution >= 4 is 39.5 Å². The second-order valence-electron chi connectivity index (χ2n) is 5.16. The number of aliphatic hydroxyl groups is 1. The second kappa shape index (κ2) is 5.64. The van der Waals surface area contributed by atoms with E-state index < -0.39 is 5.60 Å². The zero-order valence-corrected chi connectivity index (χ0v) is 13.1. The molecule has 0 amide bonds. The van der Waals surface area contributed by atoms with Gasteiger partial charge < -0.3 is 10.4 Å². The van der Waals surface area contributed by atoms with Crippen LogP contribution in [0, 0.1) is 0 Å². The number of rotatable bonds is 4. The molecule has 1 aromatic carbocycles. The lowest BCUT2D eigenvalue weighted by molar-refractivity contribution is 0.0720. The summed E-state index contributed by atoms with van der Waals surface area (Å²) < 4.78 is 0. The number of halogens is 1. The van der Waals surface area contributed by atoms with Gasteiger partial charge in [0, 0.05) is 28.8 Å². The molecule has 0 fully saturated rings. The van der Waals surface area contributed by atoms with Crippen molar-refractivity contribution in [2.24, 2.45) is 0 Å². The van der Waals surface area contributed by atoms with Crippen molar-refractivity contribution in [2.45, 2.75) is 12.5 Å². The standard InChI is InChI=1S/C16H15ClN2OS/c1-16(20,11-5-7-21-9-11)10-19-14-4-6-18-15-8-12(17)2-3-13(14)15/h2-9,20H,10H2,1H3,(H,18,19). The van der Waals surface area contributed by atoms with Crippen LogP contribution in [0.1, 0.15) is 12.5 Å². The van der Waals surface area contributed by atoms with Crippen LogP contribution in [0.3, 0.4) is 0 Å². The molecule has 1 unspecified atom stereocenters. The minimum Gasteiger partial charge on any atom is -0.384 e. The third kappa shape index (κ3) is 3.02. The van der Waals surface area contributed by atoms with E-state index in [1.165, 1.54) is 0 Å². The summed E-state index contributed by atoms with van der Waals surface area (Å²) in [6.07, 6.45) is 1.74. The second-order valence-corrected chi connectivity index (χ2v) is 6.38. The Morgan fingerprint density at radius 1 is 1.33 bits per heavy atom. The normalized spacial score (nSPS) is 14.0. The van der Waals surface area contributed by atoms with Gasteiger partial charge in [0.1, 0.15) is 5.60 Å². The number of nitrogens with zero attached hydrogens (tertiary/aromatic N) is 1. The number of hydrogen-bond donors (Lipinski definition) is 2. The van der Waals surface area contributed by atoms with Gasteiger partial charge in [-0.1, -0.05) is 11.6 Å². The summed E-state index contributed by atoms with van der Waals surface area (Å²) in [7, 11) is 0. The van der Waals surface area contributed by atoms with Crippen molar-refractivity contribution < 1.29 is 5.11 Å². The Morgan fingerprint density at radius 2 is 2.19 bits per heavy atom. The highest BCUT2D eigenvalue weighted by Crippen LogP contribution is 2.27. The van der Waals surface area contributed by atoms with Crippen molar-refractivity contribution in [1.82, 2.24) is 4.98 Å². The fraction of sp³-hybridized carbons (Fsp3) is 0.188. The van der Waals surface area contributed by atoms with E-state index in [-0.39, 0.29) is 0 Å². The lowest BCUT2D eigenvalue weighted by atomic mass is 9.99. The first-order valence-corrected chi connectivity index (χ1v) is 7.91. The van der Waals surface area contributed by atoms with E-state index in [9.17, 15) is 5.11 Å². The van der Waals surface area contributed by atoms with Crippen molar-refractivity contribution in [3.05, 3.63) is 57.9 Å². The molecular formula is C16H15ClN2OS. The molecular weight excluding hydrogens is 304 g/mol. The summed E-state index contributed by atoms with van der Waals surface area (Å²) >= 11 is 7.57. The molecule has 21 heavy (non-hydrogen) atoms. The summed E-state index contributed by atoms with van der Waals surface area (Å²) in [6.45, 7) is 2.23.